The molecule has 2 aliphatic heterocycles. The zero-order chi connectivity index (χ0) is 13.3. The van der Waals surface area contributed by atoms with Gasteiger partial charge in [0.15, 0.2) is 5.96 Å². The lowest BCUT2D eigenvalue weighted by molar-refractivity contribution is 0.0525. The fourth-order valence-corrected chi connectivity index (χ4v) is 3.78. The van der Waals surface area contributed by atoms with Crippen LogP contribution in [0.3, 0.4) is 0 Å². The third-order valence-electron chi connectivity index (χ3n) is 5.30. The van der Waals surface area contributed by atoms with E-state index in [4.69, 9.17) is 10.5 Å². The number of nitrogens with two attached hydrogens (primary N) is 1. The molecule has 0 amide bonds. The first kappa shape index (κ1) is 13.2. The number of likely N-dealkylation sites (tertiary alicyclic amines) is 1. The summed E-state index contributed by atoms with van der Waals surface area (Å²) < 4.78 is 5.46. The van der Waals surface area contributed by atoms with Crippen LogP contribution in [0.2, 0.25) is 0 Å². The lowest BCUT2D eigenvalue weighted by Gasteiger charge is -2.31. The number of guanidine groups is 1. The predicted molar refractivity (Wildman–Crippen MR) is 77.1 cm³/mol. The predicted octanol–water partition coefficient (Wildman–Crippen LogP) is 1.85. The van der Waals surface area contributed by atoms with E-state index in [2.05, 4.69) is 16.8 Å². The van der Waals surface area contributed by atoms with Gasteiger partial charge in [0.1, 0.15) is 0 Å². The molecule has 2 N–H and O–H groups in total. The van der Waals surface area contributed by atoms with Gasteiger partial charge in [0.05, 0.1) is 0 Å². The molecule has 0 aromatic carbocycles. The summed E-state index contributed by atoms with van der Waals surface area (Å²) in [4.78, 5) is 6.94. The number of ether oxygens (including phenoxy) is 1. The van der Waals surface area contributed by atoms with Gasteiger partial charge in [0.25, 0.3) is 0 Å². The highest BCUT2D eigenvalue weighted by molar-refractivity contribution is 5.78. The van der Waals surface area contributed by atoms with Crippen molar-refractivity contribution in [2.75, 3.05) is 32.8 Å². The van der Waals surface area contributed by atoms with E-state index in [1.807, 2.05) is 0 Å². The lowest BCUT2D eigenvalue weighted by atomic mass is 9.94. The van der Waals surface area contributed by atoms with Crippen LogP contribution in [0.4, 0.5) is 0 Å². The van der Waals surface area contributed by atoms with Crippen molar-refractivity contribution in [1.29, 1.82) is 0 Å². The minimum atomic E-state index is 0.567. The molecule has 0 aromatic heterocycles. The van der Waals surface area contributed by atoms with Crippen molar-refractivity contribution in [2.24, 2.45) is 28.0 Å². The maximum Gasteiger partial charge on any atom is 0.191 e. The Bertz CT molecular complexity index is 349. The number of nitrogens with zero attached hydrogens (tertiary/aromatic N) is 2. The Labute approximate surface area is 116 Å². The van der Waals surface area contributed by atoms with Gasteiger partial charge in [-0.2, -0.15) is 0 Å². The molecule has 19 heavy (non-hydrogen) atoms. The number of aliphatic imine (C=N–C) groups is 1. The van der Waals surface area contributed by atoms with Crippen LogP contribution in [-0.4, -0.2) is 43.7 Å². The molecule has 1 aliphatic carbocycles. The van der Waals surface area contributed by atoms with Crippen molar-refractivity contribution in [1.82, 2.24) is 4.90 Å². The summed E-state index contributed by atoms with van der Waals surface area (Å²) in [5.41, 5.74) is 6.72. The van der Waals surface area contributed by atoms with E-state index < -0.39 is 0 Å². The van der Waals surface area contributed by atoms with Gasteiger partial charge in [0.2, 0.25) is 0 Å². The number of piperidine rings is 1. The number of hydrogen-bond acceptors (Lipinski definition) is 2. The SMILES string of the molecule is CC1CCCN(C(N)=NCC2CC23CCOCC3)C1. The second-order valence-corrected chi connectivity index (χ2v) is 6.77. The van der Waals surface area contributed by atoms with Crippen molar-refractivity contribution >= 4 is 5.96 Å². The highest BCUT2D eigenvalue weighted by Gasteiger charge is 2.53. The summed E-state index contributed by atoms with van der Waals surface area (Å²) in [5.74, 6) is 2.29. The van der Waals surface area contributed by atoms with Crippen LogP contribution in [0.5, 0.6) is 0 Å². The summed E-state index contributed by atoms with van der Waals surface area (Å²) in [7, 11) is 0. The van der Waals surface area contributed by atoms with Crippen molar-refractivity contribution in [2.45, 2.75) is 39.0 Å². The molecule has 3 fully saturated rings. The Morgan fingerprint density at radius 2 is 2.21 bits per heavy atom. The molecule has 0 bridgehead atoms. The molecule has 108 valence electrons. The molecule has 4 heteroatoms. The largest absolute Gasteiger partial charge is 0.381 e. The van der Waals surface area contributed by atoms with Gasteiger partial charge in [-0.05, 0) is 49.4 Å². The molecule has 3 rings (SSSR count). The molecule has 0 radical (unpaired) electrons. The van der Waals surface area contributed by atoms with Crippen molar-refractivity contribution in [3.63, 3.8) is 0 Å². The van der Waals surface area contributed by atoms with Gasteiger partial charge in [-0.15, -0.1) is 0 Å². The first-order valence-electron chi connectivity index (χ1n) is 7.82. The maximum absolute atomic E-state index is 6.16. The Morgan fingerprint density at radius 1 is 1.42 bits per heavy atom. The summed E-state index contributed by atoms with van der Waals surface area (Å²) >= 11 is 0. The zero-order valence-corrected chi connectivity index (χ0v) is 12.1. The summed E-state index contributed by atoms with van der Waals surface area (Å²) in [6.07, 6.45) is 6.38. The topological polar surface area (TPSA) is 50.8 Å². The van der Waals surface area contributed by atoms with Crippen LogP contribution in [0.15, 0.2) is 4.99 Å². The van der Waals surface area contributed by atoms with E-state index in [0.717, 1.165) is 50.6 Å². The third kappa shape index (κ3) is 2.88. The van der Waals surface area contributed by atoms with E-state index in [9.17, 15) is 0 Å². The standard InChI is InChI=1S/C15H27N3O/c1-12-3-2-6-18(11-12)14(16)17-10-13-9-15(13)4-7-19-8-5-15/h12-13H,2-11H2,1H3,(H2,16,17). The lowest BCUT2D eigenvalue weighted by Crippen LogP contribution is -2.43. The van der Waals surface area contributed by atoms with Crippen LogP contribution in [0, 0.1) is 17.3 Å². The molecular weight excluding hydrogens is 238 g/mol. The quantitative estimate of drug-likeness (QED) is 0.612. The molecular formula is C15H27N3O. The minimum absolute atomic E-state index is 0.567. The van der Waals surface area contributed by atoms with Crippen LogP contribution in [-0.2, 0) is 4.74 Å². The summed E-state index contributed by atoms with van der Waals surface area (Å²) in [6, 6.07) is 0. The van der Waals surface area contributed by atoms with Crippen molar-refractivity contribution < 1.29 is 4.74 Å². The first-order chi connectivity index (χ1) is 9.20. The van der Waals surface area contributed by atoms with Gasteiger partial charge in [0, 0.05) is 32.8 Å². The highest BCUT2D eigenvalue weighted by Crippen LogP contribution is 2.59. The second kappa shape index (κ2) is 5.31. The van der Waals surface area contributed by atoms with Crippen molar-refractivity contribution in [3.8, 4) is 0 Å². The van der Waals surface area contributed by atoms with E-state index in [0.29, 0.717) is 5.41 Å². The van der Waals surface area contributed by atoms with E-state index in [1.165, 1.54) is 32.1 Å². The Hall–Kier alpha value is -0.770. The van der Waals surface area contributed by atoms with Gasteiger partial charge in [-0.1, -0.05) is 6.92 Å². The molecule has 0 aromatic rings. The van der Waals surface area contributed by atoms with Crippen molar-refractivity contribution in [3.05, 3.63) is 0 Å². The minimum Gasteiger partial charge on any atom is -0.381 e. The zero-order valence-electron chi connectivity index (χ0n) is 12.1. The van der Waals surface area contributed by atoms with E-state index in [-0.39, 0.29) is 0 Å². The van der Waals surface area contributed by atoms with Crippen LogP contribution >= 0.6 is 0 Å². The highest BCUT2D eigenvalue weighted by atomic mass is 16.5. The molecule has 2 atom stereocenters. The molecule has 2 saturated heterocycles. The molecule has 2 heterocycles. The first-order valence-corrected chi connectivity index (χ1v) is 7.82. The molecule has 1 spiro atoms. The maximum atomic E-state index is 6.16. The Balaban J connectivity index is 1.49. The molecule has 2 unspecified atom stereocenters. The van der Waals surface area contributed by atoms with Gasteiger partial charge >= 0.3 is 0 Å². The van der Waals surface area contributed by atoms with Gasteiger partial charge < -0.3 is 15.4 Å². The van der Waals surface area contributed by atoms with Gasteiger partial charge in [-0.3, -0.25) is 4.99 Å². The van der Waals surface area contributed by atoms with Crippen LogP contribution < -0.4 is 5.73 Å². The summed E-state index contributed by atoms with van der Waals surface area (Å²) in [6.45, 7) is 7.29. The molecule has 1 saturated carbocycles. The van der Waals surface area contributed by atoms with E-state index >= 15 is 0 Å². The summed E-state index contributed by atoms with van der Waals surface area (Å²) in [5, 5.41) is 0. The average molecular weight is 265 g/mol. The number of rotatable bonds is 2. The number of hydrogen-bond donors (Lipinski definition) is 1. The Kier molecular flexibility index (Phi) is 3.70. The van der Waals surface area contributed by atoms with Crippen LogP contribution in [0.25, 0.3) is 0 Å². The second-order valence-electron chi connectivity index (χ2n) is 6.77. The average Bonchev–Trinajstić information content (AvgIpc) is 3.09. The monoisotopic (exact) mass is 265 g/mol. The van der Waals surface area contributed by atoms with E-state index in [1.54, 1.807) is 0 Å². The van der Waals surface area contributed by atoms with Crippen LogP contribution in [0.1, 0.15) is 39.0 Å². The molecule has 3 aliphatic rings. The normalized spacial score (nSPS) is 34.6. The molecule has 4 nitrogen and oxygen atoms in total. The fraction of sp³-hybridized carbons (Fsp3) is 0.933. The smallest absolute Gasteiger partial charge is 0.191 e. The Morgan fingerprint density at radius 3 is 2.95 bits per heavy atom. The third-order valence-corrected chi connectivity index (χ3v) is 5.30. The fourth-order valence-electron chi connectivity index (χ4n) is 3.78. The van der Waals surface area contributed by atoms with Gasteiger partial charge in [-0.25, -0.2) is 0 Å².